The highest BCUT2D eigenvalue weighted by atomic mass is 35.5. The highest BCUT2D eigenvalue weighted by Gasteiger charge is 2.07. The molecule has 0 unspecified atom stereocenters. The number of ether oxygens (including phenoxy) is 1. The Morgan fingerprint density at radius 3 is 2.48 bits per heavy atom. The van der Waals surface area contributed by atoms with Crippen LogP contribution >= 0.6 is 11.6 Å². The van der Waals surface area contributed by atoms with Crippen molar-refractivity contribution in [1.29, 1.82) is 0 Å². The molecule has 0 saturated carbocycles. The molecule has 0 spiro atoms. The summed E-state index contributed by atoms with van der Waals surface area (Å²) < 4.78 is 18.2. The van der Waals surface area contributed by atoms with Gasteiger partial charge in [-0.1, -0.05) is 17.7 Å². The first-order chi connectivity index (χ1) is 10.9. The van der Waals surface area contributed by atoms with Gasteiger partial charge in [-0.3, -0.25) is 4.79 Å². The number of anilines is 2. The molecule has 23 heavy (non-hydrogen) atoms. The molecule has 6 nitrogen and oxygen atoms in total. The lowest BCUT2D eigenvalue weighted by molar-refractivity contribution is -0.118. The molecule has 0 aliphatic carbocycles. The van der Waals surface area contributed by atoms with E-state index in [2.05, 4.69) is 10.6 Å². The predicted molar refractivity (Wildman–Crippen MR) is 85.2 cm³/mol. The molecule has 0 radical (unpaired) electrons. The molecule has 0 heterocycles. The second-order valence-electron chi connectivity index (χ2n) is 4.48. The van der Waals surface area contributed by atoms with Gasteiger partial charge in [0.1, 0.15) is 11.6 Å². The van der Waals surface area contributed by atoms with Gasteiger partial charge >= 0.3 is 6.03 Å². The van der Waals surface area contributed by atoms with Crippen LogP contribution in [-0.4, -0.2) is 18.5 Å². The fraction of sp³-hybridized carbons (Fsp3) is 0.0667. The van der Waals surface area contributed by atoms with Crippen molar-refractivity contribution in [1.82, 2.24) is 0 Å². The Kier molecular flexibility index (Phi) is 5.37. The average molecular weight is 338 g/mol. The highest BCUT2D eigenvalue weighted by Crippen LogP contribution is 2.21. The molecule has 2 rings (SSSR count). The molecule has 0 atom stereocenters. The summed E-state index contributed by atoms with van der Waals surface area (Å²) in [5.74, 6) is -0.723. The van der Waals surface area contributed by atoms with Gasteiger partial charge in [-0.25, -0.2) is 9.18 Å². The van der Waals surface area contributed by atoms with Gasteiger partial charge in [0.05, 0.1) is 5.02 Å². The molecule has 2 aromatic rings. The summed E-state index contributed by atoms with van der Waals surface area (Å²) >= 11 is 5.62. The van der Waals surface area contributed by atoms with E-state index in [9.17, 15) is 14.0 Å². The highest BCUT2D eigenvalue weighted by molar-refractivity contribution is 6.30. The first-order valence-electron chi connectivity index (χ1n) is 6.48. The van der Waals surface area contributed by atoms with Crippen LogP contribution in [0.5, 0.6) is 5.75 Å². The summed E-state index contributed by atoms with van der Waals surface area (Å²) in [5.41, 5.74) is 5.92. The summed E-state index contributed by atoms with van der Waals surface area (Å²) in [7, 11) is 0. The van der Waals surface area contributed by atoms with E-state index in [4.69, 9.17) is 22.1 Å². The number of rotatable bonds is 5. The summed E-state index contributed by atoms with van der Waals surface area (Å²) in [6, 6.07) is 9.53. The maximum absolute atomic E-state index is 13.0. The molecule has 0 bridgehead atoms. The fourth-order valence-electron chi connectivity index (χ4n) is 1.73. The molecule has 4 N–H and O–H groups in total. The van der Waals surface area contributed by atoms with Crippen molar-refractivity contribution in [3.63, 3.8) is 0 Å². The van der Waals surface area contributed by atoms with Gasteiger partial charge in [0.15, 0.2) is 6.61 Å². The summed E-state index contributed by atoms with van der Waals surface area (Å²) in [5, 5.41) is 4.89. The van der Waals surface area contributed by atoms with Crippen LogP contribution in [0, 0.1) is 5.82 Å². The van der Waals surface area contributed by atoms with Crippen LogP contribution in [0.25, 0.3) is 0 Å². The molecule has 8 heteroatoms. The first-order valence-corrected chi connectivity index (χ1v) is 6.86. The molecule has 120 valence electrons. The van der Waals surface area contributed by atoms with Crippen molar-refractivity contribution in [3.05, 3.63) is 53.3 Å². The van der Waals surface area contributed by atoms with Gasteiger partial charge in [0.25, 0.3) is 5.91 Å². The zero-order valence-electron chi connectivity index (χ0n) is 11.8. The van der Waals surface area contributed by atoms with E-state index in [1.54, 1.807) is 18.2 Å². The smallest absolute Gasteiger partial charge is 0.316 e. The summed E-state index contributed by atoms with van der Waals surface area (Å²) in [6.07, 6.45) is 0. The van der Waals surface area contributed by atoms with Crippen molar-refractivity contribution in [2.24, 2.45) is 5.73 Å². The number of carbonyl (C=O) groups is 2. The maximum atomic E-state index is 13.0. The Hall–Kier alpha value is -2.80. The lowest BCUT2D eigenvalue weighted by atomic mass is 10.2. The summed E-state index contributed by atoms with van der Waals surface area (Å²) in [4.78, 5) is 22.6. The molecule has 0 fully saturated rings. The number of hydrogen-bond donors (Lipinski definition) is 3. The Morgan fingerprint density at radius 2 is 1.83 bits per heavy atom. The van der Waals surface area contributed by atoms with E-state index in [-0.39, 0.29) is 17.4 Å². The van der Waals surface area contributed by atoms with Crippen LogP contribution in [0.1, 0.15) is 0 Å². The number of halogens is 2. The number of nitrogens with two attached hydrogens (primary N) is 1. The molecular formula is C15H13ClFN3O3. The largest absolute Gasteiger partial charge is 0.484 e. The lowest BCUT2D eigenvalue weighted by Crippen LogP contribution is -2.21. The van der Waals surface area contributed by atoms with Crippen molar-refractivity contribution in [2.45, 2.75) is 0 Å². The molecule has 0 aliphatic heterocycles. The zero-order valence-corrected chi connectivity index (χ0v) is 12.6. The minimum atomic E-state index is -0.704. The number of amides is 3. The third kappa shape index (κ3) is 5.15. The third-order valence-corrected chi connectivity index (χ3v) is 2.96. The van der Waals surface area contributed by atoms with Crippen LogP contribution < -0.4 is 21.1 Å². The zero-order chi connectivity index (χ0) is 16.8. The molecule has 3 amide bonds. The number of nitrogens with one attached hydrogen (secondary N) is 2. The van der Waals surface area contributed by atoms with Crippen molar-refractivity contribution < 1.29 is 18.7 Å². The Bertz CT molecular complexity index is 740. The van der Waals surface area contributed by atoms with Gasteiger partial charge in [0, 0.05) is 17.4 Å². The van der Waals surface area contributed by atoms with Gasteiger partial charge in [0.2, 0.25) is 0 Å². The Labute approximate surface area is 136 Å². The molecule has 0 aliphatic rings. The van der Waals surface area contributed by atoms with Crippen LogP contribution in [-0.2, 0) is 4.79 Å². The van der Waals surface area contributed by atoms with Crippen LogP contribution in [0.3, 0.4) is 0 Å². The monoisotopic (exact) mass is 337 g/mol. The van der Waals surface area contributed by atoms with Crippen molar-refractivity contribution in [2.75, 3.05) is 17.2 Å². The third-order valence-electron chi connectivity index (χ3n) is 2.67. The number of hydrogen-bond acceptors (Lipinski definition) is 3. The van der Waals surface area contributed by atoms with Gasteiger partial charge in [-0.05, 0) is 30.3 Å². The topological polar surface area (TPSA) is 93.5 Å². The molecule has 0 saturated heterocycles. The summed E-state index contributed by atoms with van der Waals surface area (Å²) in [6.45, 7) is -0.282. The number of primary amides is 1. The fourth-order valence-corrected chi connectivity index (χ4v) is 1.90. The normalized spacial score (nSPS) is 10.0. The van der Waals surface area contributed by atoms with E-state index >= 15 is 0 Å². The number of urea groups is 1. The molecule has 2 aromatic carbocycles. The van der Waals surface area contributed by atoms with Crippen LogP contribution in [0.15, 0.2) is 42.5 Å². The van der Waals surface area contributed by atoms with Crippen molar-refractivity contribution >= 4 is 34.9 Å². The van der Waals surface area contributed by atoms with E-state index < -0.39 is 17.8 Å². The Morgan fingerprint density at radius 1 is 1.13 bits per heavy atom. The van der Waals surface area contributed by atoms with Crippen molar-refractivity contribution in [3.8, 4) is 5.75 Å². The lowest BCUT2D eigenvalue weighted by Gasteiger charge is -2.09. The van der Waals surface area contributed by atoms with E-state index in [1.165, 1.54) is 18.2 Å². The van der Waals surface area contributed by atoms with Gasteiger partial charge < -0.3 is 21.1 Å². The quantitative estimate of drug-likeness (QED) is 0.783. The minimum absolute atomic E-state index is 0.0897. The van der Waals surface area contributed by atoms with Crippen LogP contribution in [0.2, 0.25) is 5.02 Å². The van der Waals surface area contributed by atoms with Gasteiger partial charge in [-0.2, -0.15) is 0 Å². The number of carbonyl (C=O) groups excluding carboxylic acids is 2. The van der Waals surface area contributed by atoms with Crippen LogP contribution in [0.4, 0.5) is 20.6 Å². The van der Waals surface area contributed by atoms with E-state index in [0.717, 1.165) is 6.07 Å². The van der Waals surface area contributed by atoms with E-state index in [1.807, 2.05) is 0 Å². The standard InChI is InChI=1S/C15H13ClFN3O3/c16-12-7-11(4-5-13(12)17)23-8-14(21)19-9-2-1-3-10(6-9)20-15(18)22/h1-7H,8H2,(H,19,21)(H3,18,20,22). The number of benzene rings is 2. The van der Waals surface area contributed by atoms with Gasteiger partial charge in [-0.15, -0.1) is 0 Å². The second kappa shape index (κ2) is 7.46. The predicted octanol–water partition coefficient (Wildman–Crippen LogP) is 2.99. The first kappa shape index (κ1) is 16.6. The minimum Gasteiger partial charge on any atom is -0.484 e. The maximum Gasteiger partial charge on any atom is 0.316 e. The average Bonchev–Trinajstić information content (AvgIpc) is 2.48. The Balaban J connectivity index is 1.91. The molecular weight excluding hydrogens is 325 g/mol. The second-order valence-corrected chi connectivity index (χ2v) is 4.89. The molecule has 0 aromatic heterocycles. The van der Waals surface area contributed by atoms with E-state index in [0.29, 0.717) is 11.4 Å². The SMILES string of the molecule is NC(=O)Nc1cccc(NC(=O)COc2ccc(F)c(Cl)c2)c1.